The van der Waals surface area contributed by atoms with Gasteiger partial charge in [0.2, 0.25) is 5.43 Å². The van der Waals surface area contributed by atoms with Crippen LogP contribution in [0.1, 0.15) is 29.3 Å². The predicted molar refractivity (Wildman–Crippen MR) is 106 cm³/mol. The van der Waals surface area contributed by atoms with E-state index in [1.54, 1.807) is 0 Å². The summed E-state index contributed by atoms with van der Waals surface area (Å²) >= 11 is 0. The number of hydrogen-bond donors (Lipinski definition) is 2. The number of benzene rings is 2. The highest BCUT2D eigenvalue weighted by atomic mass is 19.4. The van der Waals surface area contributed by atoms with E-state index in [-0.39, 0.29) is 23.2 Å². The van der Waals surface area contributed by atoms with Gasteiger partial charge in [-0.25, -0.2) is 4.68 Å². The van der Waals surface area contributed by atoms with E-state index in [2.05, 4.69) is 10.4 Å². The lowest BCUT2D eigenvalue weighted by atomic mass is 10.1. The van der Waals surface area contributed by atoms with Crippen LogP contribution in [0.25, 0.3) is 5.69 Å². The van der Waals surface area contributed by atoms with Crippen LogP contribution in [-0.2, 0) is 6.18 Å². The van der Waals surface area contributed by atoms with Crippen LogP contribution in [0.3, 0.4) is 0 Å². The standard InChI is InChI=1S/C21H19F3N4O/c1-14-4-2-6-16(12-14)26-18(8-10-25)20-19(29)9-11-28(27-20)17-7-3-5-15(13-17)21(22,23)24/h2-7,9-13,18,25-26H,8H2,1H3. The Balaban J connectivity index is 2.00. The lowest BCUT2D eigenvalue weighted by Gasteiger charge is -2.19. The number of nitrogens with one attached hydrogen (secondary N) is 2. The fraction of sp³-hybridized carbons (Fsp3) is 0.190. The molecule has 5 nitrogen and oxygen atoms in total. The van der Waals surface area contributed by atoms with E-state index in [9.17, 15) is 18.0 Å². The van der Waals surface area contributed by atoms with Gasteiger partial charge in [0.05, 0.1) is 17.3 Å². The van der Waals surface area contributed by atoms with Crippen LogP contribution in [0.2, 0.25) is 0 Å². The van der Waals surface area contributed by atoms with Gasteiger partial charge in [0, 0.05) is 24.4 Å². The number of anilines is 1. The highest BCUT2D eigenvalue weighted by Crippen LogP contribution is 2.30. The van der Waals surface area contributed by atoms with Gasteiger partial charge in [-0.1, -0.05) is 18.2 Å². The molecule has 1 atom stereocenters. The zero-order chi connectivity index (χ0) is 21.0. The summed E-state index contributed by atoms with van der Waals surface area (Å²) in [5.74, 6) is 0. The largest absolute Gasteiger partial charge is 0.416 e. The minimum atomic E-state index is -4.48. The van der Waals surface area contributed by atoms with Crippen molar-refractivity contribution in [1.82, 2.24) is 9.78 Å². The first-order valence-electron chi connectivity index (χ1n) is 8.87. The minimum absolute atomic E-state index is 0.120. The van der Waals surface area contributed by atoms with Crippen LogP contribution in [-0.4, -0.2) is 16.0 Å². The van der Waals surface area contributed by atoms with Crippen molar-refractivity contribution in [2.45, 2.75) is 25.6 Å². The highest BCUT2D eigenvalue weighted by Gasteiger charge is 2.30. The summed E-state index contributed by atoms with van der Waals surface area (Å²) in [7, 11) is 0. The van der Waals surface area contributed by atoms with Crippen molar-refractivity contribution in [3.63, 3.8) is 0 Å². The molecule has 0 amide bonds. The van der Waals surface area contributed by atoms with E-state index in [0.717, 1.165) is 29.6 Å². The van der Waals surface area contributed by atoms with Crippen LogP contribution >= 0.6 is 0 Å². The first kappa shape index (κ1) is 20.3. The van der Waals surface area contributed by atoms with Crippen LogP contribution in [0.4, 0.5) is 18.9 Å². The molecule has 0 aliphatic carbocycles. The number of aryl methyl sites for hydroxylation is 1. The van der Waals surface area contributed by atoms with Crippen LogP contribution in [0.15, 0.2) is 65.6 Å². The molecule has 0 fully saturated rings. The Hall–Kier alpha value is -3.42. The molecule has 0 aliphatic rings. The third kappa shape index (κ3) is 4.90. The Morgan fingerprint density at radius 2 is 1.93 bits per heavy atom. The van der Waals surface area contributed by atoms with Crippen molar-refractivity contribution < 1.29 is 13.2 Å². The van der Waals surface area contributed by atoms with Crippen molar-refractivity contribution in [1.29, 1.82) is 5.41 Å². The van der Waals surface area contributed by atoms with Gasteiger partial charge in [0.15, 0.2) is 0 Å². The lowest BCUT2D eigenvalue weighted by molar-refractivity contribution is -0.137. The van der Waals surface area contributed by atoms with Gasteiger partial charge in [-0.15, -0.1) is 0 Å². The first-order valence-corrected chi connectivity index (χ1v) is 8.87. The summed E-state index contributed by atoms with van der Waals surface area (Å²) in [4.78, 5) is 12.4. The number of alkyl halides is 3. The molecule has 3 rings (SSSR count). The molecule has 1 unspecified atom stereocenters. The van der Waals surface area contributed by atoms with Gasteiger partial charge >= 0.3 is 6.18 Å². The van der Waals surface area contributed by atoms with Crippen molar-refractivity contribution >= 4 is 11.9 Å². The molecule has 3 aromatic rings. The molecular weight excluding hydrogens is 381 g/mol. The van der Waals surface area contributed by atoms with E-state index in [0.29, 0.717) is 0 Å². The Morgan fingerprint density at radius 1 is 1.17 bits per heavy atom. The summed E-state index contributed by atoms with van der Waals surface area (Å²) in [6.45, 7) is 1.93. The monoisotopic (exact) mass is 400 g/mol. The van der Waals surface area contributed by atoms with Gasteiger partial charge in [-0.05, 0) is 49.0 Å². The summed E-state index contributed by atoms with van der Waals surface area (Å²) < 4.78 is 40.3. The zero-order valence-electron chi connectivity index (χ0n) is 15.6. The number of aromatic nitrogens is 2. The van der Waals surface area contributed by atoms with E-state index in [1.165, 1.54) is 29.1 Å². The zero-order valence-corrected chi connectivity index (χ0v) is 15.6. The van der Waals surface area contributed by atoms with Gasteiger partial charge in [0.1, 0.15) is 5.69 Å². The molecule has 150 valence electrons. The van der Waals surface area contributed by atoms with Crippen molar-refractivity contribution in [2.75, 3.05) is 5.32 Å². The third-order valence-corrected chi connectivity index (χ3v) is 4.32. The molecule has 2 aromatic carbocycles. The average Bonchev–Trinajstić information content (AvgIpc) is 2.68. The normalized spacial score (nSPS) is 12.4. The van der Waals surface area contributed by atoms with E-state index < -0.39 is 17.8 Å². The summed E-state index contributed by atoms with van der Waals surface area (Å²) in [5, 5.41) is 14.9. The maximum atomic E-state index is 13.0. The minimum Gasteiger partial charge on any atom is -0.376 e. The summed E-state index contributed by atoms with van der Waals surface area (Å²) in [6, 6.07) is 12.9. The van der Waals surface area contributed by atoms with Crippen LogP contribution < -0.4 is 10.7 Å². The van der Waals surface area contributed by atoms with Gasteiger partial charge in [0.25, 0.3) is 0 Å². The van der Waals surface area contributed by atoms with Crippen molar-refractivity contribution in [2.24, 2.45) is 0 Å². The average molecular weight is 400 g/mol. The lowest BCUT2D eigenvalue weighted by Crippen LogP contribution is -2.24. The van der Waals surface area contributed by atoms with E-state index in [1.807, 2.05) is 31.2 Å². The maximum absolute atomic E-state index is 13.0. The molecule has 2 N–H and O–H groups in total. The SMILES string of the molecule is Cc1cccc(NC(CC=N)c2nn(-c3cccc(C(F)(F)F)c3)ccc2=O)c1. The Morgan fingerprint density at radius 3 is 2.62 bits per heavy atom. The molecule has 0 bridgehead atoms. The van der Waals surface area contributed by atoms with Gasteiger partial charge in [-0.2, -0.15) is 18.3 Å². The van der Waals surface area contributed by atoms with E-state index >= 15 is 0 Å². The molecule has 8 heteroatoms. The first-order chi connectivity index (χ1) is 13.8. The number of halogens is 3. The molecule has 1 heterocycles. The van der Waals surface area contributed by atoms with Crippen molar-refractivity contribution in [3.05, 3.63) is 87.8 Å². The van der Waals surface area contributed by atoms with Gasteiger partial charge < -0.3 is 10.7 Å². The highest BCUT2D eigenvalue weighted by molar-refractivity contribution is 5.57. The maximum Gasteiger partial charge on any atom is 0.416 e. The predicted octanol–water partition coefficient (Wildman–Crippen LogP) is 4.75. The van der Waals surface area contributed by atoms with Gasteiger partial charge in [-0.3, -0.25) is 4.79 Å². The molecule has 0 aliphatic heterocycles. The fourth-order valence-electron chi connectivity index (χ4n) is 2.93. The topological polar surface area (TPSA) is 70.8 Å². The number of hydrogen-bond acceptors (Lipinski definition) is 4. The summed E-state index contributed by atoms with van der Waals surface area (Å²) in [5.41, 5.74) is 0.921. The second kappa shape index (κ2) is 8.30. The fourth-order valence-corrected chi connectivity index (χ4v) is 2.93. The third-order valence-electron chi connectivity index (χ3n) is 4.32. The second-order valence-corrected chi connectivity index (χ2v) is 6.56. The van der Waals surface area contributed by atoms with Crippen molar-refractivity contribution in [3.8, 4) is 5.69 Å². The Kier molecular flexibility index (Phi) is 5.81. The quantitative estimate of drug-likeness (QED) is 0.587. The second-order valence-electron chi connectivity index (χ2n) is 6.56. The smallest absolute Gasteiger partial charge is 0.376 e. The van der Waals surface area contributed by atoms with E-state index in [4.69, 9.17) is 5.41 Å². The molecular formula is C21H19F3N4O. The molecule has 29 heavy (non-hydrogen) atoms. The molecule has 0 saturated heterocycles. The van der Waals surface area contributed by atoms with Crippen LogP contribution in [0, 0.1) is 12.3 Å². The Bertz CT molecular complexity index is 1080. The number of rotatable bonds is 6. The molecule has 1 aromatic heterocycles. The molecule has 0 spiro atoms. The summed E-state index contributed by atoms with van der Waals surface area (Å²) in [6.07, 6.45) is -1.79. The molecule has 0 radical (unpaired) electrons. The van der Waals surface area contributed by atoms with Crippen LogP contribution in [0.5, 0.6) is 0 Å². The molecule has 0 saturated carbocycles. The Labute approximate surface area is 165 Å². The number of nitrogens with zero attached hydrogens (tertiary/aromatic N) is 2.